The fourth-order valence-corrected chi connectivity index (χ4v) is 3.32. The number of carbonyl (C=O) groups excluding carboxylic acids is 1. The van der Waals surface area contributed by atoms with Crippen LogP contribution in [0, 0.1) is 20.8 Å². The lowest BCUT2D eigenvalue weighted by Crippen LogP contribution is -2.59. The molecule has 0 saturated carbocycles. The fraction of sp³-hybridized carbons (Fsp3) is 0.588. The molecule has 1 aliphatic rings. The van der Waals surface area contributed by atoms with Gasteiger partial charge in [-0.3, -0.25) is 9.69 Å². The quantitative estimate of drug-likeness (QED) is 0.897. The molecule has 2 N–H and O–H groups in total. The normalized spacial score (nSPS) is 17.8. The van der Waals surface area contributed by atoms with Gasteiger partial charge in [0.2, 0.25) is 5.91 Å². The van der Waals surface area contributed by atoms with Crippen molar-refractivity contribution in [1.82, 2.24) is 10.2 Å². The molecule has 4 nitrogen and oxygen atoms in total. The van der Waals surface area contributed by atoms with Crippen molar-refractivity contribution in [3.8, 4) is 0 Å². The molecule has 1 saturated heterocycles. The molecule has 0 spiro atoms. The SMILES string of the molecule is Cc1cc(C)c(NC(=O)C2(N(C)C)CCNCC2)c(C)c1. The number of anilines is 1. The second-order valence-electron chi connectivity index (χ2n) is 6.40. The molecule has 1 fully saturated rings. The van der Waals surface area contributed by atoms with Crippen molar-refractivity contribution in [2.45, 2.75) is 39.2 Å². The molecule has 0 aliphatic carbocycles. The Hall–Kier alpha value is -1.39. The van der Waals surface area contributed by atoms with E-state index < -0.39 is 5.54 Å². The average molecular weight is 289 g/mol. The number of rotatable bonds is 3. The summed E-state index contributed by atoms with van der Waals surface area (Å²) in [7, 11) is 4.00. The van der Waals surface area contributed by atoms with Gasteiger partial charge in [-0.05, 0) is 71.9 Å². The highest BCUT2D eigenvalue weighted by molar-refractivity contribution is 5.99. The van der Waals surface area contributed by atoms with Gasteiger partial charge in [0.05, 0.1) is 0 Å². The Morgan fingerprint density at radius 2 is 1.67 bits per heavy atom. The summed E-state index contributed by atoms with van der Waals surface area (Å²) < 4.78 is 0. The van der Waals surface area contributed by atoms with Gasteiger partial charge in [-0.15, -0.1) is 0 Å². The van der Waals surface area contributed by atoms with E-state index in [9.17, 15) is 4.79 Å². The maximum absolute atomic E-state index is 12.9. The van der Waals surface area contributed by atoms with E-state index in [1.165, 1.54) is 5.56 Å². The minimum absolute atomic E-state index is 0.115. The van der Waals surface area contributed by atoms with E-state index in [0.29, 0.717) is 0 Å². The number of benzene rings is 1. The summed E-state index contributed by atoms with van der Waals surface area (Å²) in [5.41, 5.74) is 4.04. The van der Waals surface area contributed by atoms with Crippen molar-refractivity contribution in [1.29, 1.82) is 0 Å². The van der Waals surface area contributed by atoms with Crippen LogP contribution < -0.4 is 10.6 Å². The highest BCUT2D eigenvalue weighted by atomic mass is 16.2. The smallest absolute Gasteiger partial charge is 0.244 e. The van der Waals surface area contributed by atoms with Gasteiger partial charge in [0, 0.05) is 5.69 Å². The number of likely N-dealkylation sites (N-methyl/N-ethyl adjacent to an activating group) is 1. The Morgan fingerprint density at radius 3 is 2.14 bits per heavy atom. The van der Waals surface area contributed by atoms with Crippen LogP contribution in [0.1, 0.15) is 29.5 Å². The van der Waals surface area contributed by atoms with Gasteiger partial charge in [-0.25, -0.2) is 0 Å². The van der Waals surface area contributed by atoms with E-state index in [4.69, 9.17) is 0 Å². The van der Waals surface area contributed by atoms with Gasteiger partial charge in [0.1, 0.15) is 5.54 Å². The highest BCUT2D eigenvalue weighted by Crippen LogP contribution is 2.28. The minimum atomic E-state index is -0.408. The Bertz CT molecular complexity index is 508. The molecule has 0 radical (unpaired) electrons. The third-order valence-electron chi connectivity index (χ3n) is 4.62. The van der Waals surface area contributed by atoms with Crippen molar-refractivity contribution < 1.29 is 4.79 Å². The fourth-order valence-electron chi connectivity index (χ4n) is 3.32. The van der Waals surface area contributed by atoms with Crippen LogP contribution in [0.5, 0.6) is 0 Å². The van der Waals surface area contributed by atoms with Gasteiger partial charge in [-0.1, -0.05) is 17.7 Å². The molecule has 0 atom stereocenters. The van der Waals surface area contributed by atoms with Crippen LogP contribution in [0.3, 0.4) is 0 Å². The number of hydrogen-bond donors (Lipinski definition) is 2. The van der Waals surface area contributed by atoms with Gasteiger partial charge < -0.3 is 10.6 Å². The van der Waals surface area contributed by atoms with E-state index in [0.717, 1.165) is 42.7 Å². The van der Waals surface area contributed by atoms with Gasteiger partial charge in [0.15, 0.2) is 0 Å². The van der Waals surface area contributed by atoms with E-state index in [2.05, 4.69) is 48.4 Å². The lowest BCUT2D eigenvalue weighted by molar-refractivity contribution is -0.128. The standard InChI is InChI=1S/C17H27N3O/c1-12-10-13(2)15(14(3)11-12)19-16(21)17(20(4)5)6-8-18-9-7-17/h10-11,18H,6-9H2,1-5H3,(H,19,21). The molecule has 1 aromatic carbocycles. The number of nitrogens with one attached hydrogen (secondary N) is 2. The molecule has 21 heavy (non-hydrogen) atoms. The zero-order valence-electron chi connectivity index (χ0n) is 13.8. The van der Waals surface area contributed by atoms with Gasteiger partial charge >= 0.3 is 0 Å². The Morgan fingerprint density at radius 1 is 1.14 bits per heavy atom. The van der Waals surface area contributed by atoms with Crippen LogP contribution in [0.25, 0.3) is 0 Å². The lowest BCUT2D eigenvalue weighted by Gasteiger charge is -2.41. The summed E-state index contributed by atoms with van der Waals surface area (Å²) in [4.78, 5) is 15.0. The van der Waals surface area contributed by atoms with Crippen molar-refractivity contribution in [3.05, 3.63) is 28.8 Å². The Labute approximate surface area is 127 Å². The molecule has 116 valence electrons. The summed E-state index contributed by atoms with van der Waals surface area (Å²) >= 11 is 0. The van der Waals surface area contributed by atoms with Crippen LogP contribution in [0.4, 0.5) is 5.69 Å². The van der Waals surface area contributed by atoms with Crippen LogP contribution in [-0.4, -0.2) is 43.5 Å². The third kappa shape index (κ3) is 3.11. The molecular formula is C17H27N3O. The number of hydrogen-bond acceptors (Lipinski definition) is 3. The van der Waals surface area contributed by atoms with Crippen LogP contribution >= 0.6 is 0 Å². The predicted octanol–water partition coefficient (Wildman–Crippen LogP) is 2.23. The molecular weight excluding hydrogens is 262 g/mol. The van der Waals surface area contributed by atoms with E-state index >= 15 is 0 Å². The average Bonchev–Trinajstić information content (AvgIpc) is 2.43. The number of amides is 1. The zero-order valence-corrected chi connectivity index (χ0v) is 13.8. The van der Waals surface area contributed by atoms with Gasteiger partial charge in [-0.2, -0.15) is 0 Å². The van der Waals surface area contributed by atoms with Crippen molar-refractivity contribution in [2.24, 2.45) is 0 Å². The maximum Gasteiger partial charge on any atom is 0.244 e. The van der Waals surface area contributed by atoms with Crippen LogP contribution in [-0.2, 0) is 4.79 Å². The summed E-state index contributed by atoms with van der Waals surface area (Å²) in [6.07, 6.45) is 1.69. The lowest BCUT2D eigenvalue weighted by atomic mass is 9.85. The summed E-state index contributed by atoms with van der Waals surface area (Å²) in [5.74, 6) is 0.115. The second kappa shape index (κ2) is 6.16. The first-order valence-electron chi connectivity index (χ1n) is 7.64. The predicted molar refractivity (Wildman–Crippen MR) is 87.8 cm³/mol. The topological polar surface area (TPSA) is 44.4 Å². The number of nitrogens with zero attached hydrogens (tertiary/aromatic N) is 1. The number of piperidine rings is 1. The Kier molecular flexibility index (Phi) is 4.69. The first-order chi connectivity index (χ1) is 9.86. The molecule has 1 heterocycles. The number of carbonyl (C=O) groups is 1. The summed E-state index contributed by atoms with van der Waals surface area (Å²) in [6, 6.07) is 4.24. The largest absolute Gasteiger partial charge is 0.324 e. The van der Waals surface area contributed by atoms with Gasteiger partial charge in [0.25, 0.3) is 0 Å². The monoisotopic (exact) mass is 289 g/mol. The van der Waals surface area contributed by atoms with Crippen molar-refractivity contribution in [3.63, 3.8) is 0 Å². The molecule has 0 unspecified atom stereocenters. The maximum atomic E-state index is 12.9. The molecule has 1 amide bonds. The minimum Gasteiger partial charge on any atom is -0.324 e. The first-order valence-corrected chi connectivity index (χ1v) is 7.64. The highest BCUT2D eigenvalue weighted by Gasteiger charge is 2.41. The molecule has 1 aliphatic heterocycles. The molecule has 1 aromatic rings. The molecule has 2 rings (SSSR count). The summed E-state index contributed by atoms with van der Waals surface area (Å²) in [6.45, 7) is 7.97. The second-order valence-corrected chi connectivity index (χ2v) is 6.40. The number of aryl methyl sites for hydroxylation is 3. The first kappa shape index (κ1) is 16.0. The molecule has 4 heteroatoms. The summed E-state index contributed by atoms with van der Waals surface area (Å²) in [5, 5.41) is 6.53. The molecule has 0 aromatic heterocycles. The third-order valence-corrected chi connectivity index (χ3v) is 4.62. The van der Waals surface area contributed by atoms with Crippen LogP contribution in [0.15, 0.2) is 12.1 Å². The zero-order chi connectivity index (χ0) is 15.6. The van der Waals surface area contributed by atoms with E-state index in [1.807, 2.05) is 14.1 Å². The Balaban J connectivity index is 2.28. The van der Waals surface area contributed by atoms with E-state index in [-0.39, 0.29) is 5.91 Å². The van der Waals surface area contributed by atoms with Crippen molar-refractivity contribution in [2.75, 3.05) is 32.5 Å². The van der Waals surface area contributed by atoms with Crippen molar-refractivity contribution >= 4 is 11.6 Å². The van der Waals surface area contributed by atoms with E-state index in [1.54, 1.807) is 0 Å². The van der Waals surface area contributed by atoms with Crippen LogP contribution in [0.2, 0.25) is 0 Å². The molecule has 0 bridgehead atoms.